The molecule has 2 aromatic rings. The second-order valence-corrected chi connectivity index (χ2v) is 9.08. The summed E-state index contributed by atoms with van der Waals surface area (Å²) in [5.41, 5.74) is -0.121. The number of rotatable bonds is 5. The summed E-state index contributed by atoms with van der Waals surface area (Å²) in [7, 11) is -13.1. The van der Waals surface area contributed by atoms with Crippen molar-refractivity contribution in [1.29, 1.82) is 0 Å². The van der Waals surface area contributed by atoms with Crippen LogP contribution in [0.1, 0.15) is 0 Å². The number of hydrogen-bond acceptors (Lipinski definition) is 6. The molecule has 0 aliphatic rings. The van der Waals surface area contributed by atoms with Crippen molar-refractivity contribution in [2.45, 2.75) is 14.7 Å². The molecule has 24 heavy (non-hydrogen) atoms. The maximum atomic E-state index is 12.2. The first-order valence-corrected chi connectivity index (χ1v) is 10.4. The van der Waals surface area contributed by atoms with Crippen molar-refractivity contribution in [3.8, 4) is 0 Å². The smallest absolute Gasteiger partial charge is 0.282 e. The van der Waals surface area contributed by atoms with Gasteiger partial charge in [0.15, 0.2) is 0 Å². The van der Waals surface area contributed by atoms with Crippen molar-refractivity contribution in [3.05, 3.63) is 48.5 Å². The van der Waals surface area contributed by atoms with Gasteiger partial charge in [0.2, 0.25) is 0 Å². The fourth-order valence-corrected chi connectivity index (χ4v) is 3.78. The Morgan fingerprint density at radius 2 is 1.17 bits per heavy atom. The standard InChI is InChI=1S/C12H11NO8S3/c14-22(15,10-4-6-11(7-5-10)23(16,17)18)13-9-2-1-3-12(8-9)24(19,20)21/h1-8,13H,(H,16,17,18)(H,19,20,21). The monoisotopic (exact) mass is 393 g/mol. The van der Waals surface area contributed by atoms with Crippen molar-refractivity contribution in [1.82, 2.24) is 0 Å². The van der Waals surface area contributed by atoms with E-state index in [1.54, 1.807) is 0 Å². The third-order valence-corrected chi connectivity index (χ3v) is 5.93. The van der Waals surface area contributed by atoms with Gasteiger partial charge in [0.25, 0.3) is 30.3 Å². The van der Waals surface area contributed by atoms with Crippen molar-refractivity contribution >= 4 is 35.9 Å². The molecule has 0 saturated heterocycles. The lowest BCUT2D eigenvalue weighted by atomic mass is 10.3. The quantitative estimate of drug-likeness (QED) is 0.635. The van der Waals surface area contributed by atoms with Crippen molar-refractivity contribution < 1.29 is 34.4 Å². The first-order chi connectivity index (χ1) is 10.9. The summed E-state index contributed by atoms with van der Waals surface area (Å²) in [5, 5.41) is 0. The van der Waals surface area contributed by atoms with Gasteiger partial charge in [-0.05, 0) is 42.5 Å². The molecule has 12 heteroatoms. The van der Waals surface area contributed by atoms with E-state index in [1.165, 1.54) is 12.1 Å². The first kappa shape index (κ1) is 18.4. The lowest BCUT2D eigenvalue weighted by Crippen LogP contribution is -2.13. The Morgan fingerprint density at radius 3 is 1.67 bits per heavy atom. The zero-order valence-electron chi connectivity index (χ0n) is 11.7. The molecule has 0 aromatic heterocycles. The fraction of sp³-hybridized carbons (Fsp3) is 0. The fourth-order valence-electron chi connectivity index (χ4n) is 1.72. The van der Waals surface area contributed by atoms with Crippen LogP contribution >= 0.6 is 0 Å². The lowest BCUT2D eigenvalue weighted by Gasteiger charge is -2.09. The minimum atomic E-state index is -4.50. The van der Waals surface area contributed by atoms with E-state index < -0.39 is 40.1 Å². The SMILES string of the molecule is O=S(=O)(O)c1ccc(S(=O)(=O)Nc2cccc(S(=O)(=O)O)c2)cc1. The van der Waals surface area contributed by atoms with Crippen LogP contribution in [0.15, 0.2) is 63.2 Å². The Kier molecular flexibility index (Phi) is 4.70. The summed E-state index contributed by atoms with van der Waals surface area (Å²) in [4.78, 5) is -1.29. The van der Waals surface area contributed by atoms with Crippen molar-refractivity contribution in [3.63, 3.8) is 0 Å². The summed E-state index contributed by atoms with van der Waals surface area (Å²) in [5.74, 6) is 0. The molecule has 2 aromatic carbocycles. The molecule has 130 valence electrons. The summed E-state index contributed by atoms with van der Waals surface area (Å²) < 4.78 is 88.2. The predicted molar refractivity (Wildman–Crippen MR) is 83.3 cm³/mol. The third-order valence-electron chi connectivity index (χ3n) is 2.82. The van der Waals surface area contributed by atoms with Gasteiger partial charge in [-0.15, -0.1) is 0 Å². The second kappa shape index (κ2) is 6.14. The molecule has 0 heterocycles. The molecule has 0 fully saturated rings. The maximum Gasteiger partial charge on any atom is 0.294 e. The highest BCUT2D eigenvalue weighted by atomic mass is 32.2. The minimum Gasteiger partial charge on any atom is -0.282 e. The van der Waals surface area contributed by atoms with Gasteiger partial charge in [0, 0.05) is 0 Å². The van der Waals surface area contributed by atoms with E-state index in [9.17, 15) is 25.3 Å². The number of anilines is 1. The van der Waals surface area contributed by atoms with E-state index in [2.05, 4.69) is 4.72 Å². The van der Waals surface area contributed by atoms with Gasteiger partial charge in [-0.2, -0.15) is 16.8 Å². The highest BCUT2D eigenvalue weighted by Crippen LogP contribution is 2.20. The number of hydrogen-bond donors (Lipinski definition) is 3. The molecule has 3 N–H and O–H groups in total. The molecule has 2 rings (SSSR count). The van der Waals surface area contributed by atoms with Crippen molar-refractivity contribution in [2.75, 3.05) is 4.72 Å². The van der Waals surface area contributed by atoms with Crippen LogP contribution in [0, 0.1) is 0 Å². The molecular formula is C12H11NO8S3. The zero-order chi connectivity index (χ0) is 18.2. The van der Waals surface area contributed by atoms with Crippen LogP contribution in [0.3, 0.4) is 0 Å². The summed E-state index contributed by atoms with van der Waals surface area (Å²) in [6.45, 7) is 0. The Balaban J connectivity index is 2.36. The summed E-state index contributed by atoms with van der Waals surface area (Å²) in [6.07, 6.45) is 0. The topological polar surface area (TPSA) is 155 Å². The average Bonchev–Trinajstić information content (AvgIpc) is 2.45. The van der Waals surface area contributed by atoms with Gasteiger partial charge >= 0.3 is 0 Å². The van der Waals surface area contributed by atoms with Gasteiger partial charge < -0.3 is 0 Å². The van der Waals surface area contributed by atoms with E-state index in [0.717, 1.165) is 36.4 Å². The van der Waals surface area contributed by atoms with Crippen LogP contribution in [-0.2, 0) is 30.3 Å². The Morgan fingerprint density at radius 1 is 0.667 bits per heavy atom. The van der Waals surface area contributed by atoms with Gasteiger partial charge in [0.1, 0.15) is 0 Å². The number of nitrogens with one attached hydrogen (secondary N) is 1. The van der Waals surface area contributed by atoms with Gasteiger partial charge in [-0.1, -0.05) is 6.07 Å². The van der Waals surface area contributed by atoms with Crippen LogP contribution in [0.2, 0.25) is 0 Å². The summed E-state index contributed by atoms with van der Waals surface area (Å²) in [6, 6.07) is 8.20. The summed E-state index contributed by atoms with van der Waals surface area (Å²) >= 11 is 0. The van der Waals surface area contributed by atoms with Gasteiger partial charge in [-0.3, -0.25) is 13.8 Å². The zero-order valence-corrected chi connectivity index (χ0v) is 14.1. The molecule has 0 spiro atoms. The van der Waals surface area contributed by atoms with Crippen LogP contribution in [0.5, 0.6) is 0 Å². The van der Waals surface area contributed by atoms with Crippen LogP contribution < -0.4 is 4.72 Å². The number of sulfonamides is 1. The third kappa shape index (κ3) is 4.30. The molecule has 0 bridgehead atoms. The Labute approximate surface area is 138 Å². The van der Waals surface area contributed by atoms with Crippen LogP contribution in [0.4, 0.5) is 5.69 Å². The average molecular weight is 393 g/mol. The molecular weight excluding hydrogens is 382 g/mol. The van der Waals surface area contributed by atoms with E-state index in [1.807, 2.05) is 0 Å². The highest BCUT2D eigenvalue weighted by Gasteiger charge is 2.18. The number of benzene rings is 2. The van der Waals surface area contributed by atoms with Crippen LogP contribution in [0.25, 0.3) is 0 Å². The van der Waals surface area contributed by atoms with Crippen molar-refractivity contribution in [2.24, 2.45) is 0 Å². The molecule has 0 aliphatic carbocycles. The van der Waals surface area contributed by atoms with Gasteiger partial charge in [0.05, 0.1) is 20.4 Å². The molecule has 0 atom stereocenters. The predicted octanol–water partition coefficient (Wildman–Crippen LogP) is 0.981. The van der Waals surface area contributed by atoms with Gasteiger partial charge in [-0.25, -0.2) is 8.42 Å². The Bertz CT molecular complexity index is 1070. The molecule has 0 amide bonds. The minimum absolute atomic E-state index is 0.121. The largest absolute Gasteiger partial charge is 0.294 e. The molecule has 9 nitrogen and oxygen atoms in total. The highest BCUT2D eigenvalue weighted by molar-refractivity contribution is 7.92. The second-order valence-electron chi connectivity index (χ2n) is 4.55. The van der Waals surface area contributed by atoms with E-state index in [4.69, 9.17) is 9.11 Å². The molecule has 0 unspecified atom stereocenters. The van der Waals surface area contributed by atoms with Crippen LogP contribution in [-0.4, -0.2) is 34.4 Å². The van der Waals surface area contributed by atoms with E-state index >= 15 is 0 Å². The van der Waals surface area contributed by atoms with E-state index in [-0.39, 0.29) is 10.6 Å². The molecule has 0 aliphatic heterocycles. The van der Waals surface area contributed by atoms with E-state index in [0.29, 0.717) is 0 Å². The first-order valence-electron chi connectivity index (χ1n) is 6.07. The maximum absolute atomic E-state index is 12.2. The lowest BCUT2D eigenvalue weighted by molar-refractivity contribution is 0.481. The normalized spacial score (nSPS) is 12.8. The molecule has 0 radical (unpaired) electrons. The Hall–Kier alpha value is -1.99. The molecule has 0 saturated carbocycles.